The van der Waals surface area contributed by atoms with Gasteiger partial charge in [0.05, 0.1) is 4.47 Å². The number of amides is 2. The lowest BCUT2D eigenvalue weighted by molar-refractivity contribution is -0.142. The Labute approximate surface area is 214 Å². The number of carbonyl (C=O) groups excluding carboxylic acids is 2. The van der Waals surface area contributed by atoms with Crippen molar-refractivity contribution in [3.8, 4) is 5.75 Å². The van der Waals surface area contributed by atoms with Gasteiger partial charge in [0.1, 0.15) is 11.8 Å². The topological polar surface area (TPSA) is 58.6 Å². The quantitative estimate of drug-likeness (QED) is 0.390. The van der Waals surface area contributed by atoms with Gasteiger partial charge in [-0.2, -0.15) is 0 Å². The molecular formula is C26H34Br2N2O3. The van der Waals surface area contributed by atoms with E-state index in [2.05, 4.69) is 57.9 Å². The SMILES string of the molecule is CC(C)CNC(=O)C(C)N(Cc1cccc(Br)c1)C(=O)COc1ccc(C(C)(C)C)cc1Br. The van der Waals surface area contributed by atoms with Crippen LogP contribution in [0.4, 0.5) is 0 Å². The van der Waals surface area contributed by atoms with Gasteiger partial charge in [-0.1, -0.05) is 68.7 Å². The Bertz CT molecular complexity index is 970. The average molecular weight is 582 g/mol. The van der Waals surface area contributed by atoms with Gasteiger partial charge in [-0.15, -0.1) is 0 Å². The molecule has 7 heteroatoms. The van der Waals surface area contributed by atoms with Crippen molar-refractivity contribution in [2.75, 3.05) is 13.2 Å². The molecule has 0 aliphatic rings. The fourth-order valence-electron chi connectivity index (χ4n) is 3.17. The van der Waals surface area contributed by atoms with Gasteiger partial charge in [0.15, 0.2) is 6.61 Å². The fraction of sp³-hybridized carbons (Fsp3) is 0.462. The van der Waals surface area contributed by atoms with E-state index in [-0.39, 0.29) is 23.8 Å². The Kier molecular flexibility index (Phi) is 9.98. The summed E-state index contributed by atoms with van der Waals surface area (Å²) in [5.74, 6) is 0.486. The minimum absolute atomic E-state index is 0.0103. The molecule has 0 saturated carbocycles. The number of rotatable bonds is 9. The summed E-state index contributed by atoms with van der Waals surface area (Å²) >= 11 is 7.03. The van der Waals surface area contributed by atoms with Gasteiger partial charge in [-0.25, -0.2) is 0 Å². The third kappa shape index (κ3) is 8.45. The largest absolute Gasteiger partial charge is 0.483 e. The number of halogens is 2. The third-order valence-corrected chi connectivity index (χ3v) is 6.36. The van der Waals surface area contributed by atoms with E-state index >= 15 is 0 Å². The molecule has 0 bridgehead atoms. The number of carbonyl (C=O) groups is 2. The van der Waals surface area contributed by atoms with Crippen LogP contribution in [-0.4, -0.2) is 35.9 Å². The normalized spacial score (nSPS) is 12.4. The number of nitrogens with one attached hydrogen (secondary N) is 1. The van der Waals surface area contributed by atoms with Crippen LogP contribution in [0, 0.1) is 5.92 Å². The summed E-state index contributed by atoms with van der Waals surface area (Å²) in [5.41, 5.74) is 2.10. The van der Waals surface area contributed by atoms with Crippen molar-refractivity contribution in [2.45, 2.75) is 59.5 Å². The van der Waals surface area contributed by atoms with Crippen LogP contribution in [0.25, 0.3) is 0 Å². The molecule has 0 aliphatic carbocycles. The zero-order valence-electron chi connectivity index (χ0n) is 20.2. The maximum absolute atomic E-state index is 13.2. The lowest BCUT2D eigenvalue weighted by Gasteiger charge is -2.29. The molecule has 1 N–H and O–H groups in total. The lowest BCUT2D eigenvalue weighted by Crippen LogP contribution is -2.49. The second kappa shape index (κ2) is 12.0. The predicted octanol–water partition coefficient (Wildman–Crippen LogP) is 6.08. The molecule has 0 spiro atoms. The highest BCUT2D eigenvalue weighted by Gasteiger charge is 2.27. The molecule has 33 heavy (non-hydrogen) atoms. The third-order valence-electron chi connectivity index (χ3n) is 5.24. The van der Waals surface area contributed by atoms with Crippen molar-refractivity contribution in [1.29, 1.82) is 0 Å². The van der Waals surface area contributed by atoms with Crippen LogP contribution >= 0.6 is 31.9 Å². The van der Waals surface area contributed by atoms with Crippen LogP contribution in [0.15, 0.2) is 51.4 Å². The molecule has 1 atom stereocenters. The molecule has 0 aliphatic heterocycles. The molecule has 2 rings (SSSR count). The van der Waals surface area contributed by atoms with Gasteiger partial charge in [0, 0.05) is 17.6 Å². The van der Waals surface area contributed by atoms with E-state index in [0.29, 0.717) is 24.8 Å². The van der Waals surface area contributed by atoms with E-state index in [4.69, 9.17) is 4.74 Å². The van der Waals surface area contributed by atoms with Crippen molar-refractivity contribution in [3.05, 3.63) is 62.5 Å². The highest BCUT2D eigenvalue weighted by atomic mass is 79.9. The number of hydrogen-bond acceptors (Lipinski definition) is 3. The average Bonchev–Trinajstić information content (AvgIpc) is 2.73. The maximum Gasteiger partial charge on any atom is 0.261 e. The number of ether oxygens (including phenoxy) is 1. The van der Waals surface area contributed by atoms with E-state index in [1.165, 1.54) is 5.56 Å². The summed E-state index contributed by atoms with van der Waals surface area (Å²) in [6.07, 6.45) is 0. The summed E-state index contributed by atoms with van der Waals surface area (Å²) in [5, 5.41) is 2.93. The fourth-order valence-corrected chi connectivity index (χ4v) is 4.11. The number of benzene rings is 2. The molecule has 5 nitrogen and oxygen atoms in total. The molecule has 2 aromatic carbocycles. The summed E-state index contributed by atoms with van der Waals surface area (Å²) < 4.78 is 7.57. The smallest absolute Gasteiger partial charge is 0.261 e. The van der Waals surface area contributed by atoms with Gasteiger partial charge in [-0.05, 0) is 69.6 Å². The first-order valence-corrected chi connectivity index (χ1v) is 12.7. The standard InChI is InChI=1S/C26H34Br2N2O3/c1-17(2)14-29-25(32)18(3)30(15-19-8-7-9-21(27)12-19)24(31)16-33-23-11-10-20(13-22(23)28)26(4,5)6/h7-13,17-18H,14-16H2,1-6H3,(H,29,32). The second-order valence-corrected chi connectivity index (χ2v) is 11.4. The van der Waals surface area contributed by atoms with Gasteiger partial charge in [0.25, 0.3) is 5.91 Å². The molecule has 2 amide bonds. The highest BCUT2D eigenvalue weighted by Crippen LogP contribution is 2.31. The lowest BCUT2D eigenvalue weighted by atomic mass is 9.87. The zero-order valence-corrected chi connectivity index (χ0v) is 23.4. The monoisotopic (exact) mass is 580 g/mol. The van der Waals surface area contributed by atoms with E-state index in [9.17, 15) is 9.59 Å². The molecular weight excluding hydrogens is 548 g/mol. The van der Waals surface area contributed by atoms with Gasteiger partial charge < -0.3 is 15.0 Å². The molecule has 0 saturated heterocycles. The molecule has 180 valence electrons. The van der Waals surface area contributed by atoms with E-state index in [0.717, 1.165) is 14.5 Å². The van der Waals surface area contributed by atoms with Crippen LogP contribution in [-0.2, 0) is 21.5 Å². The van der Waals surface area contributed by atoms with E-state index in [1.54, 1.807) is 11.8 Å². The van der Waals surface area contributed by atoms with Crippen molar-refractivity contribution < 1.29 is 14.3 Å². The second-order valence-electron chi connectivity index (χ2n) is 9.65. The molecule has 1 unspecified atom stereocenters. The van der Waals surface area contributed by atoms with E-state index in [1.807, 2.05) is 56.3 Å². The zero-order chi connectivity index (χ0) is 24.8. The van der Waals surface area contributed by atoms with Gasteiger partial charge in [0.2, 0.25) is 5.91 Å². The Hall–Kier alpha value is -1.86. The summed E-state index contributed by atoms with van der Waals surface area (Å²) in [7, 11) is 0. The van der Waals surface area contributed by atoms with Gasteiger partial charge >= 0.3 is 0 Å². The molecule has 0 radical (unpaired) electrons. The Balaban J connectivity index is 2.17. The molecule has 0 fully saturated rings. The van der Waals surface area contributed by atoms with Crippen LogP contribution in [0.2, 0.25) is 0 Å². The molecule has 0 aromatic heterocycles. The number of hydrogen-bond donors (Lipinski definition) is 1. The van der Waals surface area contributed by atoms with Crippen molar-refractivity contribution in [2.24, 2.45) is 5.92 Å². The first kappa shape index (κ1) is 27.4. The van der Waals surface area contributed by atoms with Crippen LogP contribution in [0.5, 0.6) is 5.75 Å². The first-order chi connectivity index (χ1) is 15.4. The van der Waals surface area contributed by atoms with Crippen molar-refractivity contribution in [3.63, 3.8) is 0 Å². The summed E-state index contributed by atoms with van der Waals surface area (Å²) in [4.78, 5) is 27.5. The van der Waals surface area contributed by atoms with Crippen molar-refractivity contribution in [1.82, 2.24) is 10.2 Å². The predicted molar refractivity (Wildman–Crippen MR) is 140 cm³/mol. The van der Waals surface area contributed by atoms with Crippen LogP contribution < -0.4 is 10.1 Å². The van der Waals surface area contributed by atoms with Crippen molar-refractivity contribution >= 4 is 43.7 Å². The minimum Gasteiger partial charge on any atom is -0.483 e. The Morgan fingerprint density at radius 3 is 2.33 bits per heavy atom. The minimum atomic E-state index is -0.634. The molecule has 0 heterocycles. The Morgan fingerprint density at radius 2 is 1.76 bits per heavy atom. The van der Waals surface area contributed by atoms with Gasteiger partial charge in [-0.3, -0.25) is 9.59 Å². The summed E-state index contributed by atoms with van der Waals surface area (Å²) in [6, 6.07) is 13.0. The maximum atomic E-state index is 13.2. The summed E-state index contributed by atoms with van der Waals surface area (Å²) in [6.45, 7) is 13.0. The first-order valence-electron chi connectivity index (χ1n) is 11.1. The highest BCUT2D eigenvalue weighted by molar-refractivity contribution is 9.10. The Morgan fingerprint density at radius 1 is 1.06 bits per heavy atom. The van der Waals surface area contributed by atoms with Crippen LogP contribution in [0.1, 0.15) is 52.7 Å². The number of nitrogens with zero attached hydrogens (tertiary/aromatic N) is 1. The van der Waals surface area contributed by atoms with E-state index < -0.39 is 6.04 Å². The van der Waals surface area contributed by atoms with Crippen LogP contribution in [0.3, 0.4) is 0 Å². The molecule has 2 aromatic rings.